The standard InChI is InChI=1S/C15H12ClFN2O3S/c16-15-11(5-3-7-18-15)19-13(20)8-22-14(21)9-23-12-6-2-1-4-10(12)17/h1-7H,8-9H2,(H,19,20). The monoisotopic (exact) mass is 354 g/mol. The lowest BCUT2D eigenvalue weighted by molar-refractivity contribution is -0.144. The highest BCUT2D eigenvalue weighted by atomic mass is 35.5. The third-order valence-electron chi connectivity index (χ3n) is 2.58. The summed E-state index contributed by atoms with van der Waals surface area (Å²) >= 11 is 6.79. The molecule has 0 atom stereocenters. The van der Waals surface area contributed by atoms with E-state index >= 15 is 0 Å². The molecule has 8 heteroatoms. The van der Waals surface area contributed by atoms with Crippen molar-refractivity contribution < 1.29 is 18.7 Å². The van der Waals surface area contributed by atoms with Crippen LogP contribution in [0.2, 0.25) is 5.15 Å². The number of anilines is 1. The number of hydrogen-bond donors (Lipinski definition) is 1. The van der Waals surface area contributed by atoms with E-state index in [0.29, 0.717) is 10.6 Å². The Bertz CT molecular complexity index is 715. The van der Waals surface area contributed by atoms with E-state index in [1.165, 1.54) is 12.3 Å². The smallest absolute Gasteiger partial charge is 0.316 e. The van der Waals surface area contributed by atoms with E-state index in [1.54, 1.807) is 30.3 Å². The molecule has 1 aromatic carbocycles. The number of thioether (sulfide) groups is 1. The van der Waals surface area contributed by atoms with E-state index in [-0.39, 0.29) is 10.9 Å². The van der Waals surface area contributed by atoms with E-state index in [9.17, 15) is 14.0 Å². The van der Waals surface area contributed by atoms with Crippen molar-refractivity contribution in [1.82, 2.24) is 4.98 Å². The van der Waals surface area contributed by atoms with Crippen molar-refractivity contribution in [3.63, 3.8) is 0 Å². The third kappa shape index (κ3) is 5.54. The summed E-state index contributed by atoms with van der Waals surface area (Å²) in [5.74, 6) is -1.66. The number of aromatic nitrogens is 1. The summed E-state index contributed by atoms with van der Waals surface area (Å²) in [6.07, 6.45) is 1.48. The molecule has 0 saturated carbocycles. The zero-order chi connectivity index (χ0) is 16.7. The maximum Gasteiger partial charge on any atom is 0.316 e. The number of nitrogens with one attached hydrogen (secondary N) is 1. The molecular formula is C15H12ClFN2O3S. The molecule has 0 aliphatic rings. The third-order valence-corrected chi connectivity index (χ3v) is 3.90. The molecule has 0 spiro atoms. The second-order valence-electron chi connectivity index (χ2n) is 4.27. The Balaban J connectivity index is 1.75. The summed E-state index contributed by atoms with van der Waals surface area (Å²) < 4.78 is 18.2. The number of ether oxygens (including phenoxy) is 1. The summed E-state index contributed by atoms with van der Waals surface area (Å²) in [7, 11) is 0. The minimum Gasteiger partial charge on any atom is -0.455 e. The molecule has 1 heterocycles. The Morgan fingerprint density at radius 2 is 2.04 bits per heavy atom. The van der Waals surface area contributed by atoms with Crippen molar-refractivity contribution >= 4 is 40.9 Å². The fourth-order valence-electron chi connectivity index (χ4n) is 1.55. The van der Waals surface area contributed by atoms with Gasteiger partial charge in [-0.1, -0.05) is 23.7 Å². The van der Waals surface area contributed by atoms with Gasteiger partial charge in [-0.2, -0.15) is 0 Å². The van der Waals surface area contributed by atoms with Gasteiger partial charge in [0.1, 0.15) is 5.82 Å². The number of rotatable bonds is 6. The van der Waals surface area contributed by atoms with Crippen LogP contribution in [0.1, 0.15) is 0 Å². The van der Waals surface area contributed by atoms with Crippen LogP contribution in [0.4, 0.5) is 10.1 Å². The summed E-state index contributed by atoms with van der Waals surface area (Å²) in [4.78, 5) is 27.4. The van der Waals surface area contributed by atoms with Crippen LogP contribution in [0.15, 0.2) is 47.5 Å². The zero-order valence-electron chi connectivity index (χ0n) is 11.8. The Kier molecular flexibility index (Phi) is 6.37. The fraction of sp³-hybridized carbons (Fsp3) is 0.133. The van der Waals surface area contributed by atoms with Crippen LogP contribution in [-0.2, 0) is 14.3 Å². The van der Waals surface area contributed by atoms with Gasteiger partial charge in [0.25, 0.3) is 5.91 Å². The lowest BCUT2D eigenvalue weighted by Gasteiger charge is -2.07. The van der Waals surface area contributed by atoms with E-state index in [1.807, 2.05) is 0 Å². The molecule has 0 unspecified atom stereocenters. The van der Waals surface area contributed by atoms with Crippen LogP contribution in [0.25, 0.3) is 0 Å². The summed E-state index contributed by atoms with van der Waals surface area (Å²) in [6, 6.07) is 9.28. The van der Waals surface area contributed by atoms with E-state index in [0.717, 1.165) is 11.8 Å². The van der Waals surface area contributed by atoms with E-state index in [2.05, 4.69) is 10.3 Å². The Labute approximate surface area is 141 Å². The lowest BCUT2D eigenvalue weighted by Crippen LogP contribution is -2.21. The normalized spacial score (nSPS) is 10.2. The van der Waals surface area contributed by atoms with Gasteiger partial charge >= 0.3 is 5.97 Å². The number of carbonyl (C=O) groups is 2. The van der Waals surface area contributed by atoms with Gasteiger partial charge in [0.05, 0.1) is 11.4 Å². The van der Waals surface area contributed by atoms with Crippen molar-refractivity contribution in [2.24, 2.45) is 0 Å². The molecule has 120 valence electrons. The van der Waals surface area contributed by atoms with Crippen LogP contribution in [0.3, 0.4) is 0 Å². The first-order valence-corrected chi connectivity index (χ1v) is 7.86. The van der Waals surface area contributed by atoms with Gasteiger partial charge in [-0.15, -0.1) is 11.8 Å². The number of carbonyl (C=O) groups excluding carboxylic acids is 2. The number of halogens is 2. The van der Waals surface area contributed by atoms with Gasteiger partial charge in [-0.05, 0) is 24.3 Å². The molecular weight excluding hydrogens is 343 g/mol. The van der Waals surface area contributed by atoms with Crippen molar-refractivity contribution in [3.05, 3.63) is 53.6 Å². The molecule has 0 fully saturated rings. The summed E-state index contributed by atoms with van der Waals surface area (Å²) in [6.45, 7) is -0.456. The maximum absolute atomic E-state index is 13.4. The number of amides is 1. The molecule has 1 N–H and O–H groups in total. The highest BCUT2D eigenvalue weighted by Crippen LogP contribution is 2.21. The van der Waals surface area contributed by atoms with Gasteiger partial charge in [0.15, 0.2) is 11.8 Å². The Morgan fingerprint density at radius 3 is 2.78 bits per heavy atom. The molecule has 23 heavy (non-hydrogen) atoms. The lowest BCUT2D eigenvalue weighted by atomic mass is 10.3. The molecule has 5 nitrogen and oxygen atoms in total. The average Bonchev–Trinajstić information content (AvgIpc) is 2.54. The van der Waals surface area contributed by atoms with Gasteiger partial charge in [0.2, 0.25) is 0 Å². The predicted molar refractivity (Wildman–Crippen MR) is 86.0 cm³/mol. The number of nitrogens with zero attached hydrogens (tertiary/aromatic N) is 1. The first kappa shape index (κ1) is 17.2. The largest absolute Gasteiger partial charge is 0.455 e. The number of esters is 1. The molecule has 1 amide bonds. The quantitative estimate of drug-likeness (QED) is 0.490. The molecule has 0 saturated heterocycles. The zero-order valence-corrected chi connectivity index (χ0v) is 13.4. The molecule has 2 rings (SSSR count). The molecule has 0 radical (unpaired) electrons. The molecule has 0 aliphatic carbocycles. The molecule has 0 bridgehead atoms. The highest BCUT2D eigenvalue weighted by Gasteiger charge is 2.11. The maximum atomic E-state index is 13.4. The van der Waals surface area contributed by atoms with Crippen molar-refractivity contribution in [2.45, 2.75) is 4.90 Å². The van der Waals surface area contributed by atoms with Crippen LogP contribution in [0, 0.1) is 5.82 Å². The predicted octanol–water partition coefficient (Wildman–Crippen LogP) is 3.15. The average molecular weight is 355 g/mol. The first-order valence-electron chi connectivity index (χ1n) is 6.49. The number of hydrogen-bond acceptors (Lipinski definition) is 5. The van der Waals surface area contributed by atoms with Gasteiger partial charge in [-0.3, -0.25) is 9.59 Å². The van der Waals surface area contributed by atoms with Gasteiger partial charge in [0, 0.05) is 11.1 Å². The van der Waals surface area contributed by atoms with Crippen LogP contribution < -0.4 is 5.32 Å². The molecule has 2 aromatic rings. The topological polar surface area (TPSA) is 68.3 Å². The summed E-state index contributed by atoms with van der Waals surface area (Å²) in [5, 5.41) is 2.61. The number of pyridine rings is 1. The minimum atomic E-state index is -0.620. The number of benzene rings is 1. The van der Waals surface area contributed by atoms with Gasteiger partial charge in [-0.25, -0.2) is 9.37 Å². The molecule has 1 aromatic heterocycles. The van der Waals surface area contributed by atoms with Crippen molar-refractivity contribution in [1.29, 1.82) is 0 Å². The Morgan fingerprint density at radius 1 is 1.26 bits per heavy atom. The van der Waals surface area contributed by atoms with Gasteiger partial charge < -0.3 is 10.1 Å². The van der Waals surface area contributed by atoms with E-state index in [4.69, 9.17) is 16.3 Å². The van der Waals surface area contributed by atoms with Crippen LogP contribution >= 0.6 is 23.4 Å². The first-order chi connectivity index (χ1) is 11.1. The van der Waals surface area contributed by atoms with Crippen LogP contribution in [-0.4, -0.2) is 29.2 Å². The van der Waals surface area contributed by atoms with E-state index < -0.39 is 24.3 Å². The second kappa shape index (κ2) is 8.50. The SMILES string of the molecule is O=C(COC(=O)CSc1ccccc1F)Nc1cccnc1Cl. The highest BCUT2D eigenvalue weighted by molar-refractivity contribution is 8.00. The second-order valence-corrected chi connectivity index (χ2v) is 5.64. The van der Waals surface area contributed by atoms with Crippen molar-refractivity contribution in [2.75, 3.05) is 17.7 Å². The summed E-state index contributed by atoms with van der Waals surface area (Å²) in [5.41, 5.74) is 0.330. The van der Waals surface area contributed by atoms with Crippen molar-refractivity contribution in [3.8, 4) is 0 Å². The molecule has 0 aliphatic heterocycles. The van der Waals surface area contributed by atoms with Crippen LogP contribution in [0.5, 0.6) is 0 Å². The minimum absolute atomic E-state index is 0.0954. The Hall–Kier alpha value is -2.12. The fourth-order valence-corrected chi connectivity index (χ4v) is 2.46.